The zero-order chi connectivity index (χ0) is 13.4. The summed E-state index contributed by atoms with van der Waals surface area (Å²) in [6.45, 7) is 2.31. The van der Waals surface area contributed by atoms with E-state index >= 15 is 0 Å². The molecule has 1 N–H and O–H groups in total. The number of rotatable bonds is 2. The molecule has 0 aliphatic carbocycles. The van der Waals surface area contributed by atoms with Crippen LogP contribution in [0.3, 0.4) is 0 Å². The zero-order valence-electron chi connectivity index (χ0n) is 10.4. The Morgan fingerprint density at radius 3 is 3.21 bits per heavy atom. The quantitative estimate of drug-likeness (QED) is 0.896. The Kier molecular flexibility index (Phi) is 3.08. The summed E-state index contributed by atoms with van der Waals surface area (Å²) in [5, 5.41) is 4.43. The van der Waals surface area contributed by atoms with Crippen LogP contribution in [0, 0.1) is 6.92 Å². The summed E-state index contributed by atoms with van der Waals surface area (Å²) in [6, 6.07) is 0. The number of anilines is 1. The molecule has 7 heteroatoms. The van der Waals surface area contributed by atoms with Crippen molar-refractivity contribution >= 4 is 27.9 Å². The van der Waals surface area contributed by atoms with Crippen LogP contribution in [0.25, 0.3) is 4.96 Å². The van der Waals surface area contributed by atoms with Crippen molar-refractivity contribution in [3.05, 3.63) is 27.6 Å². The van der Waals surface area contributed by atoms with E-state index in [-0.39, 0.29) is 17.2 Å². The number of carbonyl (C=O) groups excluding carboxylic acids is 1. The van der Waals surface area contributed by atoms with Crippen molar-refractivity contribution in [1.29, 1.82) is 0 Å². The molecule has 0 aromatic carbocycles. The lowest BCUT2D eigenvalue weighted by Gasteiger charge is -2.11. The van der Waals surface area contributed by atoms with Gasteiger partial charge < -0.3 is 10.1 Å². The fourth-order valence-corrected chi connectivity index (χ4v) is 2.87. The highest BCUT2D eigenvalue weighted by Crippen LogP contribution is 2.16. The molecule has 1 saturated heterocycles. The molecule has 100 valence electrons. The van der Waals surface area contributed by atoms with E-state index < -0.39 is 6.10 Å². The molecule has 3 rings (SSSR count). The van der Waals surface area contributed by atoms with Crippen molar-refractivity contribution in [2.24, 2.45) is 0 Å². The van der Waals surface area contributed by atoms with E-state index in [9.17, 15) is 9.59 Å². The number of aromatic nitrogens is 2. The van der Waals surface area contributed by atoms with Gasteiger partial charge in [-0.1, -0.05) is 0 Å². The summed E-state index contributed by atoms with van der Waals surface area (Å²) >= 11 is 1.38. The van der Waals surface area contributed by atoms with Gasteiger partial charge in [-0.15, -0.1) is 11.3 Å². The van der Waals surface area contributed by atoms with Crippen LogP contribution in [0.2, 0.25) is 0 Å². The number of hydrogen-bond donors (Lipinski definition) is 1. The number of amides is 1. The van der Waals surface area contributed by atoms with Crippen LogP contribution in [0.5, 0.6) is 0 Å². The van der Waals surface area contributed by atoms with Gasteiger partial charge in [0.2, 0.25) is 0 Å². The highest BCUT2D eigenvalue weighted by Gasteiger charge is 2.25. The first-order chi connectivity index (χ1) is 9.16. The van der Waals surface area contributed by atoms with Crippen molar-refractivity contribution < 1.29 is 9.53 Å². The third-order valence-electron chi connectivity index (χ3n) is 3.12. The maximum atomic E-state index is 12.2. The predicted molar refractivity (Wildman–Crippen MR) is 71.7 cm³/mol. The van der Waals surface area contributed by atoms with Crippen molar-refractivity contribution in [2.75, 3.05) is 11.9 Å². The Hall–Kier alpha value is -1.73. The van der Waals surface area contributed by atoms with Crippen LogP contribution >= 0.6 is 11.3 Å². The number of aryl methyl sites for hydroxylation is 1. The monoisotopic (exact) mass is 279 g/mol. The van der Waals surface area contributed by atoms with Gasteiger partial charge in [0.15, 0.2) is 4.96 Å². The predicted octanol–water partition coefficient (Wildman–Crippen LogP) is 1.18. The topological polar surface area (TPSA) is 72.7 Å². The van der Waals surface area contributed by atoms with Crippen LogP contribution < -0.4 is 10.9 Å². The van der Waals surface area contributed by atoms with E-state index in [1.165, 1.54) is 15.7 Å². The second kappa shape index (κ2) is 4.75. The van der Waals surface area contributed by atoms with Gasteiger partial charge in [-0.3, -0.25) is 14.0 Å². The molecule has 0 saturated carbocycles. The van der Waals surface area contributed by atoms with E-state index in [1.54, 1.807) is 18.5 Å². The molecule has 3 heterocycles. The number of thiazole rings is 1. The molecule has 1 aliphatic rings. The minimum absolute atomic E-state index is 0.233. The molecule has 2 aromatic heterocycles. The van der Waals surface area contributed by atoms with Crippen LogP contribution in [0.1, 0.15) is 18.5 Å². The molecule has 19 heavy (non-hydrogen) atoms. The number of fused-ring (bicyclic) bond motifs is 1. The molecule has 0 unspecified atom stereocenters. The number of ether oxygens (including phenoxy) is 1. The third kappa shape index (κ3) is 2.15. The smallest absolute Gasteiger partial charge is 0.282 e. The Balaban J connectivity index is 1.95. The van der Waals surface area contributed by atoms with Gasteiger partial charge in [0, 0.05) is 18.2 Å². The lowest BCUT2D eigenvalue weighted by atomic mass is 10.2. The standard InChI is InChI=1S/C12H13N3O3S/c1-7-9(14-10(16)8-3-2-5-18-8)11(17)15-4-6-19-12(15)13-7/h4,6,8H,2-3,5H2,1H3,(H,14,16)/t8-/m0/s1. The van der Waals surface area contributed by atoms with Gasteiger partial charge in [0.25, 0.3) is 11.5 Å². The van der Waals surface area contributed by atoms with Crippen LogP contribution in [-0.4, -0.2) is 28.0 Å². The van der Waals surface area contributed by atoms with Crippen molar-refractivity contribution in [3.63, 3.8) is 0 Å². The molecule has 0 spiro atoms. The largest absolute Gasteiger partial charge is 0.368 e. The van der Waals surface area contributed by atoms with Gasteiger partial charge in [-0.05, 0) is 19.8 Å². The number of nitrogens with one attached hydrogen (secondary N) is 1. The lowest BCUT2D eigenvalue weighted by molar-refractivity contribution is -0.124. The Morgan fingerprint density at radius 1 is 1.63 bits per heavy atom. The molecule has 6 nitrogen and oxygen atoms in total. The van der Waals surface area contributed by atoms with E-state index in [1.807, 2.05) is 0 Å². The van der Waals surface area contributed by atoms with E-state index in [0.717, 1.165) is 6.42 Å². The summed E-state index contributed by atoms with van der Waals surface area (Å²) in [5.41, 5.74) is 0.505. The van der Waals surface area contributed by atoms with E-state index in [0.29, 0.717) is 23.7 Å². The second-order valence-electron chi connectivity index (χ2n) is 4.42. The van der Waals surface area contributed by atoms with Gasteiger partial charge in [0.1, 0.15) is 11.8 Å². The first kappa shape index (κ1) is 12.3. The number of carbonyl (C=O) groups is 1. The summed E-state index contributed by atoms with van der Waals surface area (Å²) in [6.07, 6.45) is 2.76. The van der Waals surface area contributed by atoms with E-state index in [2.05, 4.69) is 10.3 Å². The van der Waals surface area contributed by atoms with Crippen molar-refractivity contribution in [2.45, 2.75) is 25.9 Å². The second-order valence-corrected chi connectivity index (χ2v) is 5.30. The highest BCUT2D eigenvalue weighted by molar-refractivity contribution is 7.15. The maximum absolute atomic E-state index is 12.2. The molecule has 0 radical (unpaired) electrons. The van der Waals surface area contributed by atoms with Crippen LogP contribution in [0.15, 0.2) is 16.4 Å². The average molecular weight is 279 g/mol. The first-order valence-electron chi connectivity index (χ1n) is 6.06. The van der Waals surface area contributed by atoms with Crippen molar-refractivity contribution in [1.82, 2.24) is 9.38 Å². The fourth-order valence-electron chi connectivity index (χ4n) is 2.11. The van der Waals surface area contributed by atoms with Crippen LogP contribution in [0.4, 0.5) is 5.69 Å². The number of hydrogen-bond acceptors (Lipinski definition) is 5. The molecular weight excluding hydrogens is 266 g/mol. The summed E-state index contributed by atoms with van der Waals surface area (Å²) in [7, 11) is 0. The maximum Gasteiger partial charge on any atom is 0.282 e. The average Bonchev–Trinajstić information content (AvgIpc) is 3.04. The zero-order valence-corrected chi connectivity index (χ0v) is 11.2. The normalized spacial score (nSPS) is 18.9. The molecule has 1 amide bonds. The summed E-state index contributed by atoms with van der Waals surface area (Å²) in [5.74, 6) is -0.269. The Morgan fingerprint density at radius 2 is 2.47 bits per heavy atom. The van der Waals surface area contributed by atoms with Gasteiger partial charge in [0.05, 0.1) is 5.69 Å². The summed E-state index contributed by atoms with van der Waals surface area (Å²) < 4.78 is 6.73. The van der Waals surface area contributed by atoms with Gasteiger partial charge in [-0.2, -0.15) is 0 Å². The van der Waals surface area contributed by atoms with E-state index in [4.69, 9.17) is 4.74 Å². The molecule has 1 fully saturated rings. The third-order valence-corrected chi connectivity index (χ3v) is 3.87. The molecule has 0 bridgehead atoms. The van der Waals surface area contributed by atoms with Crippen molar-refractivity contribution in [3.8, 4) is 0 Å². The molecular formula is C12H13N3O3S. The minimum Gasteiger partial charge on any atom is -0.368 e. The number of nitrogens with zero attached hydrogens (tertiary/aromatic N) is 2. The summed E-state index contributed by atoms with van der Waals surface area (Å²) in [4.78, 5) is 29.1. The molecule has 2 aromatic rings. The SMILES string of the molecule is Cc1nc2sccn2c(=O)c1NC(=O)[C@@H]1CCCO1. The molecule has 1 aliphatic heterocycles. The van der Waals surface area contributed by atoms with Gasteiger partial charge >= 0.3 is 0 Å². The van der Waals surface area contributed by atoms with Crippen LogP contribution in [-0.2, 0) is 9.53 Å². The first-order valence-corrected chi connectivity index (χ1v) is 6.93. The Bertz CT molecular complexity index is 685. The molecule has 1 atom stereocenters. The van der Waals surface area contributed by atoms with Gasteiger partial charge in [-0.25, -0.2) is 4.98 Å². The minimum atomic E-state index is -0.457. The lowest BCUT2D eigenvalue weighted by Crippen LogP contribution is -2.31. The fraction of sp³-hybridized carbons (Fsp3) is 0.417. The Labute approximate surface area is 113 Å². The highest BCUT2D eigenvalue weighted by atomic mass is 32.1.